The van der Waals surface area contributed by atoms with Crippen LogP contribution in [-0.2, 0) is 0 Å². The molecule has 3 heteroatoms. The van der Waals surface area contributed by atoms with E-state index >= 15 is 0 Å². The lowest BCUT2D eigenvalue weighted by Crippen LogP contribution is -2.28. The predicted octanol–water partition coefficient (Wildman–Crippen LogP) is 3.05. The quantitative estimate of drug-likeness (QED) is 0.853. The summed E-state index contributed by atoms with van der Waals surface area (Å²) in [6.45, 7) is 3.33. The molecule has 0 saturated heterocycles. The van der Waals surface area contributed by atoms with Gasteiger partial charge in [-0.2, -0.15) is 0 Å². The third kappa shape index (κ3) is 4.13. The van der Waals surface area contributed by atoms with Gasteiger partial charge >= 0.3 is 0 Å². The molecular weight excluding hydrogens is 236 g/mol. The molecule has 106 valence electrons. The molecular formula is C16H26N2O. The van der Waals surface area contributed by atoms with E-state index < -0.39 is 0 Å². The number of hydrogen-bond donors (Lipinski definition) is 1. The third-order valence-corrected chi connectivity index (χ3v) is 3.70. The summed E-state index contributed by atoms with van der Waals surface area (Å²) in [7, 11) is 4.11. The fourth-order valence-corrected chi connectivity index (χ4v) is 2.61. The first-order chi connectivity index (χ1) is 9.19. The number of ether oxygens (including phenoxy) is 1. The molecule has 1 aromatic carbocycles. The first kappa shape index (κ1) is 14.2. The van der Waals surface area contributed by atoms with Gasteiger partial charge in [-0.15, -0.1) is 0 Å². The first-order valence-corrected chi connectivity index (χ1v) is 7.36. The standard InChI is InChI=1S/C16H26N2O/c1-4-10-17-13-8-9-16(11-13)19-15-7-5-6-14(12-15)18(2)3/h5-7,12-13,16-17H,4,8-11H2,1-3H3. The lowest BCUT2D eigenvalue weighted by atomic mass is 10.2. The lowest BCUT2D eigenvalue weighted by Gasteiger charge is -2.17. The highest BCUT2D eigenvalue weighted by Crippen LogP contribution is 2.26. The minimum absolute atomic E-state index is 0.367. The van der Waals surface area contributed by atoms with Crippen molar-refractivity contribution >= 4 is 5.69 Å². The summed E-state index contributed by atoms with van der Waals surface area (Å²) in [5.41, 5.74) is 1.19. The van der Waals surface area contributed by atoms with Crippen LogP contribution in [0.25, 0.3) is 0 Å². The molecule has 0 heterocycles. The summed E-state index contributed by atoms with van der Waals surface area (Å²) in [5, 5.41) is 3.59. The highest BCUT2D eigenvalue weighted by atomic mass is 16.5. The second-order valence-electron chi connectivity index (χ2n) is 5.60. The molecule has 1 saturated carbocycles. The van der Waals surface area contributed by atoms with Crippen molar-refractivity contribution in [3.63, 3.8) is 0 Å². The highest BCUT2D eigenvalue weighted by molar-refractivity contribution is 5.49. The average Bonchev–Trinajstić information content (AvgIpc) is 2.84. The molecule has 1 fully saturated rings. The minimum Gasteiger partial charge on any atom is -0.490 e. The van der Waals surface area contributed by atoms with Gasteiger partial charge in [0.2, 0.25) is 0 Å². The Labute approximate surface area is 116 Å². The van der Waals surface area contributed by atoms with Gasteiger partial charge < -0.3 is 15.0 Å². The van der Waals surface area contributed by atoms with E-state index in [4.69, 9.17) is 4.74 Å². The van der Waals surface area contributed by atoms with Gasteiger partial charge in [0.25, 0.3) is 0 Å². The first-order valence-electron chi connectivity index (χ1n) is 7.36. The predicted molar refractivity (Wildman–Crippen MR) is 81.1 cm³/mol. The third-order valence-electron chi connectivity index (χ3n) is 3.70. The number of rotatable bonds is 6. The van der Waals surface area contributed by atoms with E-state index in [0.717, 1.165) is 25.1 Å². The number of nitrogens with one attached hydrogen (secondary N) is 1. The summed E-state index contributed by atoms with van der Waals surface area (Å²) in [5.74, 6) is 0.993. The van der Waals surface area contributed by atoms with Crippen molar-refractivity contribution in [2.24, 2.45) is 0 Å². The number of nitrogens with zero attached hydrogens (tertiary/aromatic N) is 1. The summed E-state index contributed by atoms with van der Waals surface area (Å²) >= 11 is 0. The number of anilines is 1. The largest absolute Gasteiger partial charge is 0.490 e. The fraction of sp³-hybridized carbons (Fsp3) is 0.625. The SMILES string of the molecule is CCCNC1CCC(Oc2cccc(N(C)C)c2)C1. The van der Waals surface area contributed by atoms with E-state index in [1.165, 1.54) is 18.5 Å². The summed E-state index contributed by atoms with van der Waals surface area (Å²) < 4.78 is 6.11. The molecule has 19 heavy (non-hydrogen) atoms. The van der Waals surface area contributed by atoms with Gasteiger partial charge in [0.05, 0.1) is 0 Å². The maximum absolute atomic E-state index is 6.11. The smallest absolute Gasteiger partial charge is 0.121 e. The van der Waals surface area contributed by atoms with Gasteiger partial charge in [-0.05, 0) is 44.4 Å². The van der Waals surface area contributed by atoms with Crippen molar-refractivity contribution in [1.82, 2.24) is 5.32 Å². The Morgan fingerprint density at radius 1 is 1.32 bits per heavy atom. The van der Waals surface area contributed by atoms with Gasteiger partial charge in [0.15, 0.2) is 0 Å². The van der Waals surface area contributed by atoms with Crippen molar-refractivity contribution in [1.29, 1.82) is 0 Å². The summed E-state index contributed by atoms with van der Waals surface area (Å²) in [6, 6.07) is 8.98. The van der Waals surface area contributed by atoms with Gasteiger partial charge in [0, 0.05) is 31.9 Å². The van der Waals surface area contributed by atoms with E-state index in [0.29, 0.717) is 12.1 Å². The zero-order valence-electron chi connectivity index (χ0n) is 12.4. The summed E-state index contributed by atoms with van der Waals surface area (Å²) in [6.07, 6.45) is 5.09. The average molecular weight is 262 g/mol. The topological polar surface area (TPSA) is 24.5 Å². The monoisotopic (exact) mass is 262 g/mol. The van der Waals surface area contributed by atoms with Crippen LogP contribution in [0.4, 0.5) is 5.69 Å². The second-order valence-corrected chi connectivity index (χ2v) is 5.60. The van der Waals surface area contributed by atoms with Crippen LogP contribution >= 0.6 is 0 Å². The lowest BCUT2D eigenvalue weighted by molar-refractivity contribution is 0.206. The van der Waals surface area contributed by atoms with Crippen molar-refractivity contribution in [3.05, 3.63) is 24.3 Å². The van der Waals surface area contributed by atoms with Crippen LogP contribution in [-0.4, -0.2) is 32.8 Å². The van der Waals surface area contributed by atoms with E-state index in [9.17, 15) is 0 Å². The Hall–Kier alpha value is -1.22. The maximum atomic E-state index is 6.11. The maximum Gasteiger partial charge on any atom is 0.121 e. The molecule has 1 N–H and O–H groups in total. The van der Waals surface area contributed by atoms with Gasteiger partial charge in [-0.25, -0.2) is 0 Å². The van der Waals surface area contributed by atoms with Gasteiger partial charge in [-0.3, -0.25) is 0 Å². The summed E-state index contributed by atoms with van der Waals surface area (Å²) in [4.78, 5) is 2.10. The Kier molecular flexibility index (Phi) is 5.08. The molecule has 3 nitrogen and oxygen atoms in total. The van der Waals surface area contributed by atoms with Gasteiger partial charge in [-0.1, -0.05) is 13.0 Å². The molecule has 1 aromatic rings. The number of hydrogen-bond acceptors (Lipinski definition) is 3. The van der Waals surface area contributed by atoms with Crippen LogP contribution in [0.1, 0.15) is 32.6 Å². The van der Waals surface area contributed by atoms with Crippen LogP contribution in [0.15, 0.2) is 24.3 Å². The molecule has 0 aromatic heterocycles. The molecule has 1 aliphatic carbocycles. The van der Waals surface area contributed by atoms with E-state index in [1.807, 2.05) is 0 Å². The Morgan fingerprint density at radius 3 is 2.89 bits per heavy atom. The van der Waals surface area contributed by atoms with E-state index in [2.05, 4.69) is 55.5 Å². The van der Waals surface area contributed by atoms with Crippen molar-refractivity contribution in [3.8, 4) is 5.75 Å². The molecule has 2 unspecified atom stereocenters. The Bertz CT molecular complexity index is 392. The Balaban J connectivity index is 1.86. The zero-order valence-corrected chi connectivity index (χ0v) is 12.4. The van der Waals surface area contributed by atoms with E-state index in [-0.39, 0.29) is 0 Å². The Morgan fingerprint density at radius 2 is 2.16 bits per heavy atom. The molecule has 0 radical (unpaired) electrons. The molecule has 0 spiro atoms. The van der Waals surface area contributed by atoms with Crippen LogP contribution in [0, 0.1) is 0 Å². The van der Waals surface area contributed by atoms with Crippen LogP contribution in [0.2, 0.25) is 0 Å². The molecule has 1 aliphatic rings. The van der Waals surface area contributed by atoms with Crippen LogP contribution < -0.4 is 15.0 Å². The van der Waals surface area contributed by atoms with Crippen molar-refractivity contribution in [2.45, 2.75) is 44.8 Å². The minimum atomic E-state index is 0.367. The molecule has 2 atom stereocenters. The van der Waals surface area contributed by atoms with Crippen molar-refractivity contribution in [2.75, 3.05) is 25.5 Å². The van der Waals surface area contributed by atoms with Crippen LogP contribution in [0.3, 0.4) is 0 Å². The molecule has 2 rings (SSSR count). The number of benzene rings is 1. The fourth-order valence-electron chi connectivity index (χ4n) is 2.61. The van der Waals surface area contributed by atoms with Crippen LogP contribution in [0.5, 0.6) is 5.75 Å². The zero-order chi connectivity index (χ0) is 13.7. The highest BCUT2D eigenvalue weighted by Gasteiger charge is 2.25. The molecule has 0 aliphatic heterocycles. The van der Waals surface area contributed by atoms with Crippen molar-refractivity contribution < 1.29 is 4.74 Å². The second kappa shape index (κ2) is 6.80. The van der Waals surface area contributed by atoms with Gasteiger partial charge in [0.1, 0.15) is 11.9 Å². The van der Waals surface area contributed by atoms with E-state index in [1.54, 1.807) is 0 Å². The molecule has 0 amide bonds. The normalized spacial score (nSPS) is 22.5. The molecule has 0 bridgehead atoms.